The minimum Gasteiger partial charge on any atom is -0.366 e. The Morgan fingerprint density at radius 1 is 1.38 bits per heavy atom. The van der Waals surface area contributed by atoms with Gasteiger partial charge in [0, 0.05) is 43.7 Å². The monoisotopic (exact) mass is 320 g/mol. The lowest BCUT2D eigenvalue weighted by Gasteiger charge is -2.23. The van der Waals surface area contributed by atoms with E-state index in [1.807, 2.05) is 23.0 Å². The molecule has 0 aromatic carbocycles. The number of rotatable bonds is 4. The molecule has 0 aliphatic carbocycles. The molecule has 3 aromatic rings. The Labute approximate surface area is 142 Å². The number of nitrogens with one attached hydrogen (secondary N) is 2. The molecule has 1 saturated heterocycles. The Morgan fingerprint density at radius 2 is 2.33 bits per heavy atom. The second kappa shape index (κ2) is 6.61. The first-order valence-electron chi connectivity index (χ1n) is 8.50. The molecule has 0 spiro atoms. The van der Waals surface area contributed by atoms with Gasteiger partial charge in [-0.25, -0.2) is 4.98 Å². The molecular weight excluding hydrogens is 299 g/mol. The Hall–Kier alpha value is -2.41. The van der Waals surface area contributed by atoms with E-state index in [1.165, 1.54) is 12.8 Å². The van der Waals surface area contributed by atoms with Crippen LogP contribution in [0.5, 0.6) is 0 Å². The molecule has 1 aliphatic rings. The zero-order valence-corrected chi connectivity index (χ0v) is 13.9. The molecule has 122 valence electrons. The van der Waals surface area contributed by atoms with Gasteiger partial charge in [0.15, 0.2) is 5.65 Å². The van der Waals surface area contributed by atoms with Crippen LogP contribution in [-0.4, -0.2) is 40.5 Å². The summed E-state index contributed by atoms with van der Waals surface area (Å²) in [5.74, 6) is 1.45. The average Bonchev–Trinajstić information content (AvgIpc) is 3.02. The lowest BCUT2D eigenvalue weighted by Crippen LogP contribution is -2.29. The maximum Gasteiger partial charge on any atom is 0.151 e. The van der Waals surface area contributed by atoms with Gasteiger partial charge in [-0.3, -0.25) is 4.98 Å². The van der Waals surface area contributed by atoms with Gasteiger partial charge in [0.25, 0.3) is 0 Å². The largest absolute Gasteiger partial charge is 0.366 e. The van der Waals surface area contributed by atoms with Crippen molar-refractivity contribution in [3.05, 3.63) is 48.0 Å². The number of pyridine rings is 1. The van der Waals surface area contributed by atoms with Crippen molar-refractivity contribution in [2.24, 2.45) is 0 Å². The molecule has 2 N–H and O–H groups in total. The highest BCUT2D eigenvalue weighted by atomic mass is 15.3. The molecule has 0 bridgehead atoms. The summed E-state index contributed by atoms with van der Waals surface area (Å²) in [4.78, 5) is 9.05. The van der Waals surface area contributed by atoms with Crippen LogP contribution in [0.2, 0.25) is 0 Å². The summed E-state index contributed by atoms with van der Waals surface area (Å²) in [5.41, 5.74) is 4.33. The number of nitrogens with zero attached hydrogens (tertiary/aromatic N) is 4. The fourth-order valence-electron chi connectivity index (χ4n) is 3.23. The molecule has 0 saturated carbocycles. The molecular formula is C17H21BN6. The molecule has 0 amide bonds. The summed E-state index contributed by atoms with van der Waals surface area (Å²) in [6, 6.07) is 6.17. The molecule has 1 atom stereocenters. The van der Waals surface area contributed by atoms with Crippen LogP contribution >= 0.6 is 0 Å². The van der Waals surface area contributed by atoms with Crippen LogP contribution in [0.3, 0.4) is 0 Å². The molecule has 4 heterocycles. The van der Waals surface area contributed by atoms with E-state index in [-0.39, 0.29) is 0 Å². The van der Waals surface area contributed by atoms with Crippen LogP contribution < -0.4 is 16.1 Å². The smallest absolute Gasteiger partial charge is 0.151 e. The van der Waals surface area contributed by atoms with Gasteiger partial charge >= 0.3 is 0 Å². The number of fused-ring (bicyclic) bond motifs is 1. The average molecular weight is 320 g/mol. The number of hydrogen-bond acceptors (Lipinski definition) is 5. The maximum absolute atomic E-state index is 4.88. The van der Waals surface area contributed by atoms with Crippen LogP contribution in [0.15, 0.2) is 36.8 Å². The standard InChI is InChI=1S/C17H21BN6/c18-14-11-22-24-16(21-9-12-3-1-5-19-8-12)7-15(23-17(14)24)13-4-2-6-20-10-13/h1,3,5,7-8,11,13,20-21H,2,4,6,9-10,18H2. The highest BCUT2D eigenvalue weighted by Crippen LogP contribution is 2.24. The number of aromatic nitrogens is 4. The first kappa shape index (κ1) is 15.1. The Kier molecular flexibility index (Phi) is 4.17. The van der Waals surface area contributed by atoms with Gasteiger partial charge in [0.2, 0.25) is 0 Å². The SMILES string of the molecule is Bc1cnn2c(NCc3cccnc3)cc(C3CCCNC3)nc12. The second-order valence-corrected chi connectivity index (χ2v) is 6.39. The lowest BCUT2D eigenvalue weighted by molar-refractivity contribution is 0.455. The Bertz CT molecular complexity index is 826. The number of anilines is 1. The van der Waals surface area contributed by atoms with E-state index in [1.54, 1.807) is 6.20 Å². The van der Waals surface area contributed by atoms with Crippen molar-refractivity contribution >= 4 is 24.8 Å². The van der Waals surface area contributed by atoms with E-state index in [0.29, 0.717) is 12.5 Å². The normalized spacial score (nSPS) is 17.9. The summed E-state index contributed by atoms with van der Waals surface area (Å²) in [6.07, 6.45) is 7.94. The van der Waals surface area contributed by atoms with E-state index in [4.69, 9.17) is 4.98 Å². The lowest BCUT2D eigenvalue weighted by atomic mass is 9.95. The van der Waals surface area contributed by atoms with Gasteiger partial charge in [0.1, 0.15) is 13.7 Å². The zero-order chi connectivity index (χ0) is 16.4. The summed E-state index contributed by atoms with van der Waals surface area (Å²) < 4.78 is 1.89. The minimum absolute atomic E-state index is 0.469. The topological polar surface area (TPSA) is 67.1 Å². The van der Waals surface area contributed by atoms with Crippen molar-refractivity contribution in [2.45, 2.75) is 25.3 Å². The van der Waals surface area contributed by atoms with Crippen LogP contribution in [0, 0.1) is 0 Å². The van der Waals surface area contributed by atoms with E-state index >= 15 is 0 Å². The molecule has 7 heteroatoms. The first-order chi connectivity index (χ1) is 11.8. The van der Waals surface area contributed by atoms with Crippen LogP contribution in [0.25, 0.3) is 5.65 Å². The maximum atomic E-state index is 4.88. The fourth-order valence-corrected chi connectivity index (χ4v) is 3.23. The quantitative estimate of drug-likeness (QED) is 0.684. The minimum atomic E-state index is 0.469. The molecule has 4 rings (SSSR count). The van der Waals surface area contributed by atoms with Gasteiger partial charge in [-0.1, -0.05) is 6.07 Å². The molecule has 6 nitrogen and oxygen atoms in total. The van der Waals surface area contributed by atoms with E-state index in [2.05, 4.69) is 40.7 Å². The second-order valence-electron chi connectivity index (χ2n) is 6.39. The van der Waals surface area contributed by atoms with Crippen molar-refractivity contribution in [2.75, 3.05) is 18.4 Å². The first-order valence-corrected chi connectivity index (χ1v) is 8.50. The summed E-state index contributed by atoms with van der Waals surface area (Å²) in [7, 11) is 2.06. The molecule has 24 heavy (non-hydrogen) atoms. The summed E-state index contributed by atoms with van der Waals surface area (Å²) in [6.45, 7) is 2.82. The predicted octanol–water partition coefficient (Wildman–Crippen LogP) is 0.462. The molecule has 1 aliphatic heterocycles. The summed E-state index contributed by atoms with van der Waals surface area (Å²) in [5, 5.41) is 11.4. The highest BCUT2D eigenvalue weighted by Gasteiger charge is 2.19. The third-order valence-corrected chi connectivity index (χ3v) is 4.58. The Morgan fingerprint density at radius 3 is 3.12 bits per heavy atom. The van der Waals surface area contributed by atoms with Crippen molar-refractivity contribution < 1.29 is 0 Å². The highest BCUT2D eigenvalue weighted by molar-refractivity contribution is 6.36. The van der Waals surface area contributed by atoms with Crippen molar-refractivity contribution in [1.29, 1.82) is 0 Å². The van der Waals surface area contributed by atoms with Crippen LogP contribution in [0.4, 0.5) is 5.82 Å². The third kappa shape index (κ3) is 2.99. The molecule has 3 aromatic heterocycles. The van der Waals surface area contributed by atoms with Crippen molar-refractivity contribution in [3.63, 3.8) is 0 Å². The van der Waals surface area contributed by atoms with Gasteiger partial charge < -0.3 is 10.6 Å². The van der Waals surface area contributed by atoms with Crippen LogP contribution in [-0.2, 0) is 6.54 Å². The van der Waals surface area contributed by atoms with E-state index < -0.39 is 0 Å². The van der Waals surface area contributed by atoms with E-state index in [0.717, 1.165) is 41.3 Å². The third-order valence-electron chi connectivity index (χ3n) is 4.58. The van der Waals surface area contributed by atoms with Gasteiger partial charge in [-0.05, 0) is 36.5 Å². The number of piperidine rings is 1. The predicted molar refractivity (Wildman–Crippen MR) is 97.6 cm³/mol. The molecule has 1 unspecified atom stereocenters. The molecule has 1 fully saturated rings. The van der Waals surface area contributed by atoms with Gasteiger partial charge in [-0.15, -0.1) is 0 Å². The zero-order valence-electron chi connectivity index (χ0n) is 13.9. The van der Waals surface area contributed by atoms with Crippen LogP contribution in [0.1, 0.15) is 30.0 Å². The fraction of sp³-hybridized carbons (Fsp3) is 0.353. The Balaban J connectivity index is 1.67. The molecule has 0 radical (unpaired) electrons. The summed E-state index contributed by atoms with van der Waals surface area (Å²) >= 11 is 0. The van der Waals surface area contributed by atoms with Gasteiger partial charge in [-0.2, -0.15) is 9.61 Å². The number of hydrogen-bond donors (Lipinski definition) is 2. The van der Waals surface area contributed by atoms with E-state index in [9.17, 15) is 0 Å². The van der Waals surface area contributed by atoms with Gasteiger partial charge in [0.05, 0.1) is 5.69 Å². The van der Waals surface area contributed by atoms with Crippen molar-refractivity contribution in [3.8, 4) is 0 Å². The van der Waals surface area contributed by atoms with Crippen molar-refractivity contribution in [1.82, 2.24) is 24.9 Å².